The number of fused-ring (bicyclic) bond motifs is 1. The fourth-order valence-corrected chi connectivity index (χ4v) is 5.99. The number of ether oxygens (including phenoxy) is 1. The number of likely N-dealkylation sites (tertiary alicyclic amines) is 1. The lowest BCUT2D eigenvalue weighted by atomic mass is 9.70. The molecule has 2 amide bonds. The van der Waals surface area contributed by atoms with E-state index in [9.17, 15) is 24.6 Å². The third kappa shape index (κ3) is 2.81. The van der Waals surface area contributed by atoms with Gasteiger partial charge in [0.15, 0.2) is 0 Å². The molecular weight excluding hydrogens is 432 g/mol. The molecule has 0 radical (unpaired) electrons. The van der Waals surface area contributed by atoms with Crippen LogP contribution in [0.25, 0.3) is 0 Å². The lowest BCUT2D eigenvalue weighted by Crippen LogP contribution is -2.59. The summed E-state index contributed by atoms with van der Waals surface area (Å²) in [4.78, 5) is 41.6. The second-order valence-corrected chi connectivity index (χ2v) is 9.33. The number of aliphatic hydroxyl groups is 1. The van der Waals surface area contributed by atoms with Crippen LogP contribution in [-0.2, 0) is 19.1 Å². The van der Waals surface area contributed by atoms with Crippen LogP contribution in [0.5, 0.6) is 0 Å². The Hall–Kier alpha value is -1.45. The maximum absolute atomic E-state index is 13.6. The molecule has 7 atom stereocenters. The molecule has 1 spiro atoms. The van der Waals surface area contributed by atoms with E-state index >= 15 is 0 Å². The predicted octanol–water partition coefficient (Wildman–Crippen LogP) is 0.623. The van der Waals surface area contributed by atoms with Crippen molar-refractivity contribution in [2.45, 2.75) is 61.8 Å². The van der Waals surface area contributed by atoms with Crippen molar-refractivity contribution in [2.24, 2.45) is 11.8 Å². The maximum atomic E-state index is 13.6. The van der Waals surface area contributed by atoms with Crippen molar-refractivity contribution < 1.29 is 29.3 Å². The Kier molecular flexibility index (Phi) is 5.64. The van der Waals surface area contributed by atoms with Gasteiger partial charge < -0.3 is 24.7 Å². The third-order valence-electron chi connectivity index (χ3n) is 6.22. The lowest BCUT2D eigenvalue weighted by Gasteiger charge is -2.39. The number of carbonyl (C=O) groups is 3. The third-order valence-corrected chi connectivity index (χ3v) is 7.06. The van der Waals surface area contributed by atoms with Crippen LogP contribution in [0.3, 0.4) is 0 Å². The Morgan fingerprint density at radius 2 is 2.11 bits per heavy atom. The molecular formula is C19H27BrN2O6. The first-order valence-electron chi connectivity index (χ1n) is 9.51. The number of amides is 2. The number of hydrogen-bond acceptors (Lipinski definition) is 5. The first-order chi connectivity index (χ1) is 13.1. The Morgan fingerprint density at radius 3 is 2.61 bits per heavy atom. The summed E-state index contributed by atoms with van der Waals surface area (Å²) in [6, 6.07) is -1.76. The van der Waals surface area contributed by atoms with Crippen molar-refractivity contribution in [3.05, 3.63) is 12.7 Å². The van der Waals surface area contributed by atoms with Crippen molar-refractivity contribution in [1.29, 1.82) is 0 Å². The van der Waals surface area contributed by atoms with Crippen molar-refractivity contribution in [1.82, 2.24) is 9.80 Å². The molecule has 3 unspecified atom stereocenters. The molecule has 0 aromatic heterocycles. The van der Waals surface area contributed by atoms with Gasteiger partial charge in [-0.15, -0.1) is 6.58 Å². The highest BCUT2D eigenvalue weighted by atomic mass is 79.9. The average Bonchev–Trinajstić information content (AvgIpc) is 3.21. The van der Waals surface area contributed by atoms with Gasteiger partial charge in [-0.3, -0.25) is 14.4 Å². The van der Waals surface area contributed by atoms with Gasteiger partial charge in [-0.1, -0.05) is 22.0 Å². The number of aliphatic carboxylic acids is 1. The highest BCUT2D eigenvalue weighted by Crippen LogP contribution is 2.60. The molecule has 2 bridgehead atoms. The standard InChI is InChI=1S/C19H27BrN2O6/c1-5-6-21(9(2)3)17(25)15-19-7-11(20)14(28-19)12(18(26)27)13(19)16(24)22(15)10(4)8-23/h5,9-15,23H,1,6-8H2,2-4H3,(H,26,27)/t10-,11?,12+,13+,14+,15?,19?/m1/s1. The van der Waals surface area contributed by atoms with Crippen molar-refractivity contribution in [2.75, 3.05) is 13.2 Å². The molecule has 3 aliphatic rings. The molecule has 156 valence electrons. The minimum absolute atomic E-state index is 0.143. The Labute approximate surface area is 172 Å². The predicted molar refractivity (Wildman–Crippen MR) is 104 cm³/mol. The summed E-state index contributed by atoms with van der Waals surface area (Å²) in [5, 5.41) is 19.5. The second-order valence-electron chi connectivity index (χ2n) is 8.15. The summed E-state index contributed by atoms with van der Waals surface area (Å²) in [5.74, 6) is -3.81. The lowest BCUT2D eigenvalue weighted by molar-refractivity contribution is -0.153. The molecule has 8 nitrogen and oxygen atoms in total. The van der Waals surface area contributed by atoms with Crippen LogP contribution in [-0.4, -0.2) is 85.6 Å². The number of aliphatic hydroxyl groups excluding tert-OH is 1. The van der Waals surface area contributed by atoms with E-state index in [2.05, 4.69) is 22.5 Å². The van der Waals surface area contributed by atoms with Gasteiger partial charge in [0.2, 0.25) is 11.8 Å². The summed E-state index contributed by atoms with van der Waals surface area (Å²) in [6.07, 6.45) is 1.31. The number of halogens is 1. The van der Waals surface area contributed by atoms with Gasteiger partial charge in [-0.05, 0) is 27.2 Å². The normalized spacial score (nSPS) is 37.3. The molecule has 0 aliphatic carbocycles. The zero-order chi connectivity index (χ0) is 21.0. The van der Waals surface area contributed by atoms with E-state index < -0.39 is 47.5 Å². The van der Waals surface area contributed by atoms with E-state index in [1.807, 2.05) is 13.8 Å². The molecule has 0 aromatic carbocycles. The van der Waals surface area contributed by atoms with E-state index in [4.69, 9.17) is 4.74 Å². The second kappa shape index (κ2) is 7.42. The summed E-state index contributed by atoms with van der Waals surface area (Å²) < 4.78 is 6.16. The SMILES string of the molecule is C=CCN(C(=O)C1N([C@H](C)CO)C(=O)[C@@H]2[C@H](C(=O)O)[C@H]3OC12CC3Br)C(C)C. The summed E-state index contributed by atoms with van der Waals surface area (Å²) in [7, 11) is 0. The van der Waals surface area contributed by atoms with E-state index in [-0.39, 0.29) is 23.4 Å². The van der Waals surface area contributed by atoms with Crippen molar-refractivity contribution in [3.63, 3.8) is 0 Å². The molecule has 3 rings (SSSR count). The van der Waals surface area contributed by atoms with E-state index in [0.717, 1.165) is 0 Å². The van der Waals surface area contributed by atoms with Crippen LogP contribution < -0.4 is 0 Å². The molecule has 0 saturated carbocycles. The van der Waals surface area contributed by atoms with E-state index in [1.165, 1.54) is 4.90 Å². The minimum Gasteiger partial charge on any atom is -0.481 e. The number of alkyl halides is 1. The minimum atomic E-state index is -1.21. The van der Waals surface area contributed by atoms with Crippen molar-refractivity contribution >= 4 is 33.7 Å². The number of hydrogen-bond donors (Lipinski definition) is 2. The Bertz CT molecular complexity index is 700. The van der Waals surface area contributed by atoms with E-state index in [1.54, 1.807) is 17.9 Å². The number of nitrogens with zero attached hydrogens (tertiary/aromatic N) is 2. The van der Waals surface area contributed by atoms with E-state index in [0.29, 0.717) is 13.0 Å². The summed E-state index contributed by atoms with van der Waals surface area (Å²) in [5.41, 5.74) is -1.21. The van der Waals surface area contributed by atoms with Gasteiger partial charge in [-0.2, -0.15) is 0 Å². The highest BCUT2D eigenvalue weighted by molar-refractivity contribution is 9.09. The van der Waals surface area contributed by atoms with Crippen LogP contribution in [0.15, 0.2) is 12.7 Å². The number of rotatable bonds is 7. The molecule has 3 saturated heterocycles. The maximum Gasteiger partial charge on any atom is 0.310 e. The largest absolute Gasteiger partial charge is 0.481 e. The molecule has 9 heteroatoms. The van der Waals surface area contributed by atoms with Gasteiger partial charge >= 0.3 is 5.97 Å². The van der Waals surface area contributed by atoms with Crippen LogP contribution in [0.4, 0.5) is 0 Å². The molecule has 2 N–H and O–H groups in total. The first kappa shape index (κ1) is 21.3. The van der Waals surface area contributed by atoms with Gasteiger partial charge in [0.1, 0.15) is 11.6 Å². The van der Waals surface area contributed by atoms with Crippen LogP contribution in [0.1, 0.15) is 27.2 Å². The smallest absolute Gasteiger partial charge is 0.310 e. The van der Waals surface area contributed by atoms with Crippen LogP contribution in [0.2, 0.25) is 0 Å². The molecule has 3 aliphatic heterocycles. The zero-order valence-corrected chi connectivity index (χ0v) is 17.8. The summed E-state index contributed by atoms with van der Waals surface area (Å²) >= 11 is 3.49. The number of carboxylic acids is 1. The molecule has 0 aromatic rings. The van der Waals surface area contributed by atoms with Gasteiger partial charge in [-0.25, -0.2) is 0 Å². The highest BCUT2D eigenvalue weighted by Gasteiger charge is 2.77. The van der Waals surface area contributed by atoms with Gasteiger partial charge in [0, 0.05) is 17.4 Å². The monoisotopic (exact) mass is 458 g/mol. The quantitative estimate of drug-likeness (QED) is 0.427. The fraction of sp³-hybridized carbons (Fsp3) is 0.737. The fourth-order valence-electron chi connectivity index (χ4n) is 5.04. The molecule has 28 heavy (non-hydrogen) atoms. The summed E-state index contributed by atoms with van der Waals surface area (Å²) in [6.45, 7) is 9.06. The average molecular weight is 459 g/mol. The Balaban J connectivity index is 2.12. The van der Waals surface area contributed by atoms with Gasteiger partial charge in [0.05, 0.1) is 30.6 Å². The Morgan fingerprint density at radius 1 is 1.46 bits per heavy atom. The van der Waals surface area contributed by atoms with Crippen LogP contribution in [0, 0.1) is 11.8 Å². The van der Waals surface area contributed by atoms with Crippen LogP contribution >= 0.6 is 15.9 Å². The van der Waals surface area contributed by atoms with Crippen molar-refractivity contribution in [3.8, 4) is 0 Å². The number of carboxylic acid groups (broad SMARTS) is 1. The molecule has 3 fully saturated rings. The topological polar surface area (TPSA) is 107 Å². The molecule has 3 heterocycles. The first-order valence-corrected chi connectivity index (χ1v) is 10.4. The number of carbonyl (C=O) groups excluding carboxylic acids is 2. The van der Waals surface area contributed by atoms with Gasteiger partial charge in [0.25, 0.3) is 0 Å². The zero-order valence-electron chi connectivity index (χ0n) is 16.2.